The van der Waals surface area contributed by atoms with Crippen molar-refractivity contribution in [3.05, 3.63) is 53.4 Å². The zero-order valence-corrected chi connectivity index (χ0v) is 7.77. The van der Waals surface area contributed by atoms with Crippen LogP contribution in [-0.2, 0) is 0 Å². The van der Waals surface area contributed by atoms with Gasteiger partial charge < -0.3 is 5.11 Å². The van der Waals surface area contributed by atoms with Crippen LogP contribution in [0.25, 0.3) is 15.6 Å². The van der Waals surface area contributed by atoms with E-state index in [0.717, 1.165) is 10.8 Å². The molecule has 15 heavy (non-hydrogen) atoms. The largest absolute Gasteiger partial charge is 0.478 e. The van der Waals surface area contributed by atoms with E-state index in [1.807, 2.05) is 0 Å². The van der Waals surface area contributed by atoms with Crippen molar-refractivity contribution in [2.75, 3.05) is 0 Å². The third-order valence-corrected chi connectivity index (χ3v) is 2.20. The topological polar surface area (TPSA) is 41.7 Å². The second-order valence-corrected chi connectivity index (χ2v) is 3.16. The number of hydrogen-bond acceptors (Lipinski definition) is 1. The fourth-order valence-corrected chi connectivity index (χ4v) is 1.44. The molecule has 0 aliphatic heterocycles. The van der Waals surface area contributed by atoms with E-state index in [2.05, 4.69) is 4.85 Å². The molecule has 1 N–H and O–H groups in total. The van der Waals surface area contributed by atoms with Crippen molar-refractivity contribution >= 4 is 22.4 Å². The molecule has 0 spiro atoms. The summed E-state index contributed by atoms with van der Waals surface area (Å²) in [6.45, 7) is 6.86. The summed E-state index contributed by atoms with van der Waals surface area (Å²) in [6.07, 6.45) is 0. The van der Waals surface area contributed by atoms with Crippen LogP contribution in [-0.4, -0.2) is 11.1 Å². The van der Waals surface area contributed by atoms with Crippen molar-refractivity contribution < 1.29 is 9.90 Å². The van der Waals surface area contributed by atoms with E-state index >= 15 is 0 Å². The zero-order chi connectivity index (χ0) is 10.8. The number of aromatic carboxylic acids is 1. The third-order valence-electron chi connectivity index (χ3n) is 2.20. The van der Waals surface area contributed by atoms with Crippen LogP contribution >= 0.6 is 0 Å². The van der Waals surface area contributed by atoms with Gasteiger partial charge in [0.1, 0.15) is 0 Å². The lowest BCUT2D eigenvalue weighted by atomic mass is 10.1. The minimum atomic E-state index is -0.939. The average molecular weight is 197 g/mol. The molecule has 0 aliphatic rings. The van der Waals surface area contributed by atoms with E-state index < -0.39 is 5.97 Å². The number of benzene rings is 2. The smallest absolute Gasteiger partial charge is 0.335 e. The molecule has 0 fully saturated rings. The molecule has 3 nitrogen and oxygen atoms in total. The van der Waals surface area contributed by atoms with Crippen LogP contribution in [0.2, 0.25) is 0 Å². The normalized spacial score (nSPS) is 9.80. The van der Waals surface area contributed by atoms with Gasteiger partial charge in [-0.05, 0) is 29.0 Å². The number of fused-ring (bicyclic) bond motifs is 1. The predicted octanol–water partition coefficient (Wildman–Crippen LogP) is 3.09. The summed E-state index contributed by atoms with van der Waals surface area (Å²) < 4.78 is 0. The number of carboxylic acid groups (broad SMARTS) is 1. The summed E-state index contributed by atoms with van der Waals surface area (Å²) >= 11 is 0. The SMILES string of the molecule is [C-]#[N+]c1ccc2cc(C(=O)O)ccc2c1. The quantitative estimate of drug-likeness (QED) is 0.713. The van der Waals surface area contributed by atoms with Crippen molar-refractivity contribution in [3.8, 4) is 0 Å². The fraction of sp³-hybridized carbons (Fsp3) is 0. The van der Waals surface area contributed by atoms with Crippen LogP contribution in [0.5, 0.6) is 0 Å². The molecule has 0 aliphatic carbocycles. The number of carboxylic acids is 1. The first kappa shape index (κ1) is 9.22. The maximum atomic E-state index is 10.7. The molecule has 2 aromatic carbocycles. The predicted molar refractivity (Wildman–Crippen MR) is 57.2 cm³/mol. The molecule has 0 bridgehead atoms. The van der Waals surface area contributed by atoms with E-state index in [1.54, 1.807) is 36.4 Å². The number of nitrogens with zero attached hydrogens (tertiary/aromatic N) is 1. The van der Waals surface area contributed by atoms with Crippen molar-refractivity contribution in [2.45, 2.75) is 0 Å². The first-order chi connectivity index (χ1) is 7.20. The maximum Gasteiger partial charge on any atom is 0.335 e. The van der Waals surface area contributed by atoms with Crippen molar-refractivity contribution in [2.24, 2.45) is 0 Å². The lowest BCUT2D eigenvalue weighted by Crippen LogP contribution is -1.94. The van der Waals surface area contributed by atoms with Crippen molar-refractivity contribution in [3.63, 3.8) is 0 Å². The van der Waals surface area contributed by atoms with Crippen LogP contribution in [0, 0.1) is 6.57 Å². The van der Waals surface area contributed by atoms with Crippen LogP contribution in [0.4, 0.5) is 5.69 Å². The van der Waals surface area contributed by atoms with Gasteiger partial charge in [-0.25, -0.2) is 9.64 Å². The summed E-state index contributed by atoms with van der Waals surface area (Å²) in [6, 6.07) is 10.0. The van der Waals surface area contributed by atoms with Gasteiger partial charge >= 0.3 is 5.97 Å². The highest BCUT2D eigenvalue weighted by molar-refractivity contribution is 5.95. The van der Waals surface area contributed by atoms with Gasteiger partial charge in [0.15, 0.2) is 5.69 Å². The molecule has 0 atom stereocenters. The molecular weight excluding hydrogens is 190 g/mol. The van der Waals surface area contributed by atoms with Gasteiger partial charge in [0.25, 0.3) is 0 Å². The summed E-state index contributed by atoms with van der Waals surface area (Å²) in [4.78, 5) is 14.0. The lowest BCUT2D eigenvalue weighted by molar-refractivity contribution is 0.0697. The second-order valence-electron chi connectivity index (χ2n) is 3.16. The van der Waals surface area contributed by atoms with Gasteiger partial charge in [-0.15, -0.1) is 0 Å². The van der Waals surface area contributed by atoms with E-state index in [9.17, 15) is 4.79 Å². The van der Waals surface area contributed by atoms with Crippen LogP contribution < -0.4 is 0 Å². The van der Waals surface area contributed by atoms with Gasteiger partial charge in [0.2, 0.25) is 0 Å². The maximum absolute atomic E-state index is 10.7. The van der Waals surface area contributed by atoms with Crippen molar-refractivity contribution in [1.82, 2.24) is 0 Å². The molecule has 2 aromatic rings. The van der Waals surface area contributed by atoms with Gasteiger partial charge in [-0.1, -0.05) is 18.2 Å². The number of carbonyl (C=O) groups is 1. The molecule has 0 radical (unpaired) electrons. The molecule has 0 saturated heterocycles. The van der Waals surface area contributed by atoms with Gasteiger partial charge in [0, 0.05) is 0 Å². The van der Waals surface area contributed by atoms with E-state index in [0.29, 0.717) is 5.69 Å². The standard InChI is InChI=1S/C12H7NO2/c1-13-11-5-4-8-6-10(12(14)15)3-2-9(8)7-11/h2-7H,(H,14,15). The van der Waals surface area contributed by atoms with Crippen molar-refractivity contribution in [1.29, 1.82) is 0 Å². The highest BCUT2D eigenvalue weighted by Gasteiger charge is 2.03. The Morgan fingerprint density at radius 2 is 1.80 bits per heavy atom. The van der Waals surface area contributed by atoms with Gasteiger partial charge in [-0.2, -0.15) is 0 Å². The minimum absolute atomic E-state index is 0.262. The Hall–Kier alpha value is -2.34. The molecular formula is C12H7NO2. The summed E-state index contributed by atoms with van der Waals surface area (Å²) in [7, 11) is 0. The fourth-order valence-electron chi connectivity index (χ4n) is 1.44. The summed E-state index contributed by atoms with van der Waals surface area (Å²) in [5.74, 6) is -0.939. The van der Waals surface area contributed by atoms with Gasteiger partial charge in [0.05, 0.1) is 12.1 Å². The Balaban J connectivity index is 2.66. The van der Waals surface area contributed by atoms with E-state index in [1.165, 1.54) is 0 Å². The Bertz CT molecular complexity index is 582. The number of hydrogen-bond donors (Lipinski definition) is 1. The van der Waals surface area contributed by atoms with E-state index in [4.69, 9.17) is 11.7 Å². The van der Waals surface area contributed by atoms with Crippen LogP contribution in [0.15, 0.2) is 36.4 Å². The van der Waals surface area contributed by atoms with Crippen LogP contribution in [0.1, 0.15) is 10.4 Å². The Morgan fingerprint density at radius 3 is 2.47 bits per heavy atom. The van der Waals surface area contributed by atoms with Crippen LogP contribution in [0.3, 0.4) is 0 Å². The Kier molecular flexibility index (Phi) is 2.11. The Morgan fingerprint density at radius 1 is 1.13 bits per heavy atom. The van der Waals surface area contributed by atoms with E-state index in [-0.39, 0.29) is 5.56 Å². The molecule has 0 unspecified atom stereocenters. The molecule has 0 saturated carbocycles. The second kappa shape index (κ2) is 3.43. The zero-order valence-electron chi connectivity index (χ0n) is 7.77. The summed E-state index contributed by atoms with van der Waals surface area (Å²) in [5, 5.41) is 10.5. The van der Waals surface area contributed by atoms with Gasteiger partial charge in [-0.3, -0.25) is 0 Å². The number of rotatable bonds is 1. The molecule has 0 amide bonds. The minimum Gasteiger partial charge on any atom is -0.478 e. The molecule has 2 rings (SSSR count). The Labute approximate surface area is 86.4 Å². The first-order valence-electron chi connectivity index (χ1n) is 4.35. The average Bonchev–Trinajstić information content (AvgIpc) is 2.27. The molecule has 72 valence electrons. The lowest BCUT2D eigenvalue weighted by Gasteiger charge is -2.00. The summed E-state index contributed by atoms with van der Waals surface area (Å²) in [5.41, 5.74) is 0.823. The monoisotopic (exact) mass is 197 g/mol. The first-order valence-corrected chi connectivity index (χ1v) is 4.35. The highest BCUT2D eigenvalue weighted by Crippen LogP contribution is 2.22. The molecule has 0 aromatic heterocycles. The molecule has 3 heteroatoms. The third kappa shape index (κ3) is 1.65. The highest BCUT2D eigenvalue weighted by atomic mass is 16.4. The molecule has 0 heterocycles.